The zero-order valence-corrected chi connectivity index (χ0v) is 12.6. The highest BCUT2D eigenvalue weighted by molar-refractivity contribution is 6.00. The number of nitrogens with zero attached hydrogens (tertiary/aromatic N) is 2. The summed E-state index contributed by atoms with van der Waals surface area (Å²) in [5, 5.41) is 4.60. The molecule has 1 aliphatic rings. The fraction of sp³-hybridized carbons (Fsp3) is 0.412. The standard InChI is InChI=1S/C17H19FN2O/c1-4-13-16-14(9-17(2,3)10-15(16)21)20(19-13)12-7-5-11(18)6-8-12/h5-8H,4,9-10H2,1-3H3. The molecule has 3 nitrogen and oxygen atoms in total. The number of aromatic nitrogens is 2. The fourth-order valence-electron chi connectivity index (χ4n) is 3.07. The summed E-state index contributed by atoms with van der Waals surface area (Å²) >= 11 is 0. The number of Topliss-reactive ketones (excluding diaryl/α,β-unsaturated/α-hetero) is 1. The number of aryl methyl sites for hydroxylation is 1. The van der Waals surface area contributed by atoms with Crippen LogP contribution in [0.1, 0.15) is 48.9 Å². The third kappa shape index (κ3) is 2.39. The molecule has 1 aliphatic carbocycles. The van der Waals surface area contributed by atoms with E-state index in [4.69, 9.17) is 0 Å². The molecular weight excluding hydrogens is 267 g/mol. The van der Waals surface area contributed by atoms with Crippen LogP contribution in [0.3, 0.4) is 0 Å². The van der Waals surface area contributed by atoms with Crippen LogP contribution in [0.4, 0.5) is 4.39 Å². The zero-order chi connectivity index (χ0) is 15.2. The normalized spacial score (nSPS) is 16.9. The fourth-order valence-corrected chi connectivity index (χ4v) is 3.07. The second-order valence-electron chi connectivity index (χ2n) is 6.45. The van der Waals surface area contributed by atoms with E-state index < -0.39 is 0 Å². The maximum absolute atomic E-state index is 13.1. The Balaban J connectivity index is 2.19. The van der Waals surface area contributed by atoms with Gasteiger partial charge >= 0.3 is 0 Å². The maximum Gasteiger partial charge on any atom is 0.167 e. The average molecular weight is 286 g/mol. The quantitative estimate of drug-likeness (QED) is 0.843. The Hall–Kier alpha value is -1.97. The number of carbonyl (C=O) groups is 1. The first kappa shape index (κ1) is 14.0. The summed E-state index contributed by atoms with van der Waals surface area (Å²) in [7, 11) is 0. The molecule has 21 heavy (non-hydrogen) atoms. The largest absolute Gasteiger partial charge is 0.294 e. The first-order valence-electron chi connectivity index (χ1n) is 7.31. The minimum Gasteiger partial charge on any atom is -0.294 e. The molecule has 1 heterocycles. The van der Waals surface area contributed by atoms with Crippen molar-refractivity contribution < 1.29 is 9.18 Å². The molecule has 0 saturated heterocycles. The number of hydrogen-bond donors (Lipinski definition) is 0. The Labute approximate surface area is 123 Å². The van der Waals surface area contributed by atoms with Gasteiger partial charge in [-0.15, -0.1) is 0 Å². The molecule has 0 amide bonds. The highest BCUT2D eigenvalue weighted by Gasteiger charge is 2.36. The first-order chi connectivity index (χ1) is 9.91. The zero-order valence-electron chi connectivity index (χ0n) is 12.6. The molecule has 110 valence electrons. The summed E-state index contributed by atoms with van der Waals surface area (Å²) in [6, 6.07) is 6.25. The van der Waals surface area contributed by atoms with E-state index in [0.29, 0.717) is 6.42 Å². The van der Waals surface area contributed by atoms with Gasteiger partial charge in [-0.3, -0.25) is 4.79 Å². The molecular formula is C17H19FN2O. The lowest BCUT2D eigenvalue weighted by atomic mass is 9.75. The van der Waals surface area contributed by atoms with Crippen molar-refractivity contribution in [1.29, 1.82) is 0 Å². The molecule has 0 fully saturated rings. The summed E-state index contributed by atoms with van der Waals surface area (Å²) in [4.78, 5) is 12.5. The summed E-state index contributed by atoms with van der Waals surface area (Å²) in [5.74, 6) is -0.0987. The smallest absolute Gasteiger partial charge is 0.167 e. The highest BCUT2D eigenvalue weighted by Crippen LogP contribution is 2.37. The third-order valence-electron chi connectivity index (χ3n) is 4.02. The topological polar surface area (TPSA) is 34.9 Å². The average Bonchev–Trinajstić information content (AvgIpc) is 2.77. The SMILES string of the molecule is CCc1nn(-c2ccc(F)cc2)c2c1C(=O)CC(C)(C)C2. The van der Waals surface area contributed by atoms with E-state index >= 15 is 0 Å². The predicted octanol–water partition coefficient (Wildman–Crippen LogP) is 3.73. The Morgan fingerprint density at radius 2 is 1.90 bits per heavy atom. The number of benzene rings is 1. The lowest BCUT2D eigenvalue weighted by Gasteiger charge is -2.29. The van der Waals surface area contributed by atoms with Gasteiger partial charge in [-0.25, -0.2) is 9.07 Å². The molecule has 0 atom stereocenters. The van der Waals surface area contributed by atoms with Crippen LogP contribution in [0.5, 0.6) is 0 Å². The molecule has 0 N–H and O–H groups in total. The second kappa shape index (κ2) is 4.79. The van der Waals surface area contributed by atoms with Crippen molar-refractivity contribution >= 4 is 5.78 Å². The first-order valence-corrected chi connectivity index (χ1v) is 7.31. The Kier molecular flexibility index (Phi) is 3.19. The molecule has 0 aliphatic heterocycles. The molecule has 0 bridgehead atoms. The third-order valence-corrected chi connectivity index (χ3v) is 4.02. The van der Waals surface area contributed by atoms with Crippen LogP contribution in [0.15, 0.2) is 24.3 Å². The maximum atomic E-state index is 13.1. The van der Waals surface area contributed by atoms with E-state index in [0.717, 1.165) is 35.5 Å². The Morgan fingerprint density at radius 3 is 2.52 bits per heavy atom. The Bertz CT molecular complexity index is 698. The van der Waals surface area contributed by atoms with E-state index in [1.165, 1.54) is 12.1 Å². The van der Waals surface area contributed by atoms with Gasteiger partial charge in [-0.2, -0.15) is 5.10 Å². The summed E-state index contributed by atoms with van der Waals surface area (Å²) in [5.41, 5.74) is 3.32. The number of fused-ring (bicyclic) bond motifs is 1. The molecule has 2 aromatic rings. The van der Waals surface area contributed by atoms with Gasteiger partial charge in [-0.05, 0) is 42.5 Å². The van der Waals surface area contributed by atoms with Gasteiger partial charge < -0.3 is 0 Å². The molecule has 0 spiro atoms. The van der Waals surface area contributed by atoms with Crippen LogP contribution in [0.2, 0.25) is 0 Å². The number of halogens is 1. The molecule has 0 radical (unpaired) electrons. The van der Waals surface area contributed by atoms with E-state index in [9.17, 15) is 9.18 Å². The van der Waals surface area contributed by atoms with Crippen molar-refractivity contribution in [2.75, 3.05) is 0 Å². The Morgan fingerprint density at radius 1 is 1.24 bits per heavy atom. The minimum atomic E-state index is -0.271. The van der Waals surface area contributed by atoms with Gasteiger partial charge in [0.05, 0.1) is 22.6 Å². The summed E-state index contributed by atoms with van der Waals surface area (Å²) in [6.45, 7) is 6.20. The molecule has 0 unspecified atom stereocenters. The van der Waals surface area contributed by atoms with Gasteiger partial charge in [0.25, 0.3) is 0 Å². The molecule has 1 aromatic heterocycles. The van der Waals surface area contributed by atoms with Gasteiger partial charge in [0, 0.05) is 6.42 Å². The summed E-state index contributed by atoms with van der Waals surface area (Å²) in [6.07, 6.45) is 2.09. The van der Waals surface area contributed by atoms with Crippen LogP contribution in [-0.4, -0.2) is 15.6 Å². The van der Waals surface area contributed by atoms with Crippen LogP contribution < -0.4 is 0 Å². The molecule has 3 rings (SSSR count). The van der Waals surface area contributed by atoms with Gasteiger partial charge in [0.1, 0.15) is 5.82 Å². The minimum absolute atomic E-state index is 0.0626. The lowest BCUT2D eigenvalue weighted by Crippen LogP contribution is -2.28. The summed E-state index contributed by atoms with van der Waals surface area (Å²) < 4.78 is 14.9. The van der Waals surface area contributed by atoms with Crippen molar-refractivity contribution in [3.8, 4) is 5.69 Å². The lowest BCUT2D eigenvalue weighted by molar-refractivity contribution is 0.0910. The van der Waals surface area contributed by atoms with Gasteiger partial charge in [0.2, 0.25) is 0 Å². The van der Waals surface area contributed by atoms with Gasteiger partial charge in [-0.1, -0.05) is 20.8 Å². The van der Waals surface area contributed by atoms with Crippen LogP contribution in [0, 0.1) is 11.2 Å². The number of carbonyl (C=O) groups excluding carboxylic acids is 1. The number of rotatable bonds is 2. The van der Waals surface area contributed by atoms with Gasteiger partial charge in [0.15, 0.2) is 5.78 Å². The number of hydrogen-bond acceptors (Lipinski definition) is 2. The molecule has 0 saturated carbocycles. The monoisotopic (exact) mass is 286 g/mol. The molecule has 4 heteroatoms. The molecule has 1 aromatic carbocycles. The van der Waals surface area contributed by atoms with Crippen molar-refractivity contribution in [3.05, 3.63) is 47.0 Å². The van der Waals surface area contributed by atoms with Crippen LogP contribution >= 0.6 is 0 Å². The van der Waals surface area contributed by atoms with E-state index in [2.05, 4.69) is 18.9 Å². The van der Waals surface area contributed by atoms with Crippen LogP contribution in [-0.2, 0) is 12.8 Å². The van der Waals surface area contributed by atoms with Crippen molar-refractivity contribution in [3.63, 3.8) is 0 Å². The predicted molar refractivity (Wildman–Crippen MR) is 79.3 cm³/mol. The number of ketones is 1. The van der Waals surface area contributed by atoms with Crippen molar-refractivity contribution in [2.45, 2.75) is 40.0 Å². The van der Waals surface area contributed by atoms with Crippen molar-refractivity contribution in [2.24, 2.45) is 5.41 Å². The second-order valence-corrected chi connectivity index (χ2v) is 6.45. The van der Waals surface area contributed by atoms with Crippen molar-refractivity contribution in [1.82, 2.24) is 9.78 Å². The van der Waals surface area contributed by atoms with E-state index in [1.54, 1.807) is 12.1 Å². The van der Waals surface area contributed by atoms with Crippen LogP contribution in [0.25, 0.3) is 5.69 Å². The van der Waals surface area contributed by atoms with E-state index in [-0.39, 0.29) is 17.0 Å². The van der Waals surface area contributed by atoms with E-state index in [1.807, 2.05) is 11.6 Å². The highest BCUT2D eigenvalue weighted by atomic mass is 19.1.